The number of carbonyl (C=O) groups excluding carboxylic acids is 3. The Morgan fingerprint density at radius 1 is 1.34 bits per heavy atom. The molecule has 2 fully saturated rings. The van der Waals surface area contributed by atoms with Crippen LogP contribution in [0.15, 0.2) is 34.7 Å². The number of carbonyl (C=O) groups is 3. The molecular weight excluding hydrogens is 434 g/mol. The van der Waals surface area contributed by atoms with Crippen molar-refractivity contribution in [3.63, 3.8) is 0 Å². The second kappa shape index (κ2) is 7.91. The summed E-state index contributed by atoms with van der Waals surface area (Å²) in [5.74, 6) is -0.810. The molecule has 9 nitrogen and oxygen atoms in total. The topological polar surface area (TPSA) is 117 Å². The van der Waals surface area contributed by atoms with Gasteiger partial charge < -0.3 is 14.6 Å². The van der Waals surface area contributed by atoms with Crippen molar-refractivity contribution in [1.29, 1.82) is 0 Å². The van der Waals surface area contributed by atoms with Crippen molar-refractivity contribution in [3.8, 4) is 0 Å². The number of sulfone groups is 1. The number of benzene rings is 1. The predicted octanol–water partition coefficient (Wildman–Crippen LogP) is 2.01. The Balaban J connectivity index is 1.57. The van der Waals surface area contributed by atoms with E-state index in [2.05, 4.69) is 5.32 Å². The summed E-state index contributed by atoms with van der Waals surface area (Å²) in [7, 11) is -3.20. The molecule has 0 saturated carbocycles. The Hall–Kier alpha value is -2.88. The fraction of sp³-hybridized carbons (Fsp3) is 0.500. The van der Waals surface area contributed by atoms with Crippen LogP contribution in [-0.4, -0.2) is 66.2 Å². The molecule has 10 heteroatoms. The number of hydrogen-bond donors (Lipinski definition) is 1. The molecule has 32 heavy (non-hydrogen) atoms. The van der Waals surface area contributed by atoms with Gasteiger partial charge in [0.05, 0.1) is 11.5 Å². The molecule has 4 rings (SSSR count). The number of fused-ring (bicyclic) bond motifs is 1. The van der Waals surface area contributed by atoms with E-state index in [1.54, 1.807) is 19.1 Å². The van der Waals surface area contributed by atoms with E-state index in [0.29, 0.717) is 18.4 Å². The third kappa shape index (κ3) is 3.76. The highest BCUT2D eigenvalue weighted by atomic mass is 32.2. The number of hydrogen-bond acceptors (Lipinski definition) is 6. The maximum Gasteiger partial charge on any atom is 0.325 e. The van der Waals surface area contributed by atoms with Crippen LogP contribution in [-0.2, 0) is 25.0 Å². The Morgan fingerprint density at radius 2 is 2.06 bits per heavy atom. The van der Waals surface area contributed by atoms with Crippen LogP contribution in [0, 0.1) is 0 Å². The van der Waals surface area contributed by atoms with E-state index in [1.807, 2.05) is 32.0 Å². The van der Waals surface area contributed by atoms with Gasteiger partial charge in [-0.05, 0) is 38.8 Å². The molecule has 4 amide bonds. The fourth-order valence-electron chi connectivity index (χ4n) is 4.45. The molecule has 172 valence electrons. The second-order valence-corrected chi connectivity index (χ2v) is 10.9. The van der Waals surface area contributed by atoms with E-state index in [9.17, 15) is 22.8 Å². The molecule has 3 atom stereocenters. The van der Waals surface area contributed by atoms with E-state index >= 15 is 0 Å². The number of nitrogens with one attached hydrogen (secondary N) is 1. The molecule has 1 aromatic heterocycles. The number of imide groups is 1. The zero-order valence-corrected chi connectivity index (χ0v) is 19.1. The molecule has 2 saturated heterocycles. The summed E-state index contributed by atoms with van der Waals surface area (Å²) in [5, 5.41) is 3.45. The Kier molecular flexibility index (Phi) is 5.52. The van der Waals surface area contributed by atoms with Gasteiger partial charge in [0.1, 0.15) is 17.9 Å². The monoisotopic (exact) mass is 461 g/mol. The molecule has 2 aliphatic rings. The van der Waals surface area contributed by atoms with Crippen LogP contribution in [0.2, 0.25) is 0 Å². The van der Waals surface area contributed by atoms with Crippen LogP contribution >= 0.6 is 0 Å². The first-order chi connectivity index (χ1) is 15.1. The Morgan fingerprint density at radius 3 is 2.69 bits per heavy atom. The summed E-state index contributed by atoms with van der Waals surface area (Å²) in [6.07, 6.45) is 0.981. The summed E-state index contributed by atoms with van der Waals surface area (Å²) in [6, 6.07) is 7.61. The van der Waals surface area contributed by atoms with Gasteiger partial charge in [-0.25, -0.2) is 13.2 Å². The van der Waals surface area contributed by atoms with Crippen LogP contribution in [0.3, 0.4) is 0 Å². The number of para-hydroxylation sites is 1. The minimum atomic E-state index is -3.20. The minimum Gasteiger partial charge on any atom is -0.458 e. The van der Waals surface area contributed by atoms with Crippen LogP contribution in [0.5, 0.6) is 0 Å². The number of nitrogens with zero attached hydrogens (tertiary/aromatic N) is 2. The molecule has 0 unspecified atom stereocenters. The van der Waals surface area contributed by atoms with Crippen LogP contribution in [0.25, 0.3) is 11.0 Å². The summed E-state index contributed by atoms with van der Waals surface area (Å²) < 4.78 is 29.7. The normalized spacial score (nSPS) is 25.8. The van der Waals surface area contributed by atoms with Crippen molar-refractivity contribution in [2.24, 2.45) is 0 Å². The highest BCUT2D eigenvalue weighted by Gasteiger charge is 2.52. The van der Waals surface area contributed by atoms with Crippen molar-refractivity contribution in [2.45, 2.75) is 51.2 Å². The van der Waals surface area contributed by atoms with Crippen LogP contribution < -0.4 is 5.32 Å². The van der Waals surface area contributed by atoms with Crippen molar-refractivity contribution in [1.82, 2.24) is 15.1 Å². The first kappa shape index (κ1) is 22.3. The fourth-order valence-corrected chi connectivity index (χ4v) is 6.16. The van der Waals surface area contributed by atoms with Crippen molar-refractivity contribution < 1.29 is 27.2 Å². The van der Waals surface area contributed by atoms with E-state index < -0.39 is 45.8 Å². The van der Waals surface area contributed by atoms with Crippen LogP contribution in [0.4, 0.5) is 4.79 Å². The average molecular weight is 462 g/mol. The maximum atomic E-state index is 13.3. The van der Waals surface area contributed by atoms with Gasteiger partial charge in [-0.2, -0.15) is 0 Å². The van der Waals surface area contributed by atoms with Gasteiger partial charge in [0.25, 0.3) is 5.91 Å². The smallest absolute Gasteiger partial charge is 0.325 e. The molecule has 0 radical (unpaired) electrons. The molecule has 2 aromatic rings. The Bertz CT molecular complexity index is 1160. The lowest BCUT2D eigenvalue weighted by Crippen LogP contribution is -2.51. The highest BCUT2D eigenvalue weighted by molar-refractivity contribution is 7.91. The van der Waals surface area contributed by atoms with Gasteiger partial charge in [-0.1, -0.05) is 25.1 Å². The first-order valence-electron chi connectivity index (χ1n) is 10.7. The van der Waals surface area contributed by atoms with Crippen molar-refractivity contribution in [3.05, 3.63) is 36.1 Å². The van der Waals surface area contributed by atoms with Gasteiger partial charge >= 0.3 is 6.03 Å². The second-order valence-electron chi connectivity index (χ2n) is 8.71. The molecule has 2 aliphatic heterocycles. The SMILES string of the molecule is CC[C@H](C)N(C(=O)CN1C(=O)N[C@](C)(c2cc3ccccc3o2)C1=O)[C@@H]1CCS(=O)(=O)C1. The predicted molar refractivity (Wildman–Crippen MR) is 117 cm³/mol. The average Bonchev–Trinajstić information content (AvgIpc) is 3.39. The summed E-state index contributed by atoms with van der Waals surface area (Å²) in [5.41, 5.74) is -0.848. The van der Waals surface area contributed by atoms with E-state index in [4.69, 9.17) is 4.42 Å². The lowest BCUT2D eigenvalue weighted by molar-refractivity contribution is -0.141. The zero-order chi connectivity index (χ0) is 23.3. The van der Waals surface area contributed by atoms with Gasteiger partial charge in [0.2, 0.25) is 5.91 Å². The molecule has 3 heterocycles. The third-order valence-electron chi connectivity index (χ3n) is 6.44. The number of urea groups is 1. The molecule has 1 N–H and O–H groups in total. The largest absolute Gasteiger partial charge is 0.458 e. The molecule has 0 aliphatic carbocycles. The van der Waals surface area contributed by atoms with E-state index in [0.717, 1.165) is 10.3 Å². The number of furan rings is 1. The Labute approximate surface area is 186 Å². The standard InChI is InChI=1S/C22H27N3O6S/c1-4-14(2)25(16-9-10-32(29,30)13-16)19(26)12-24-20(27)22(3,23-21(24)28)18-11-15-7-5-6-8-17(15)31-18/h5-8,11,14,16H,4,9-10,12-13H2,1-3H3,(H,23,28)/t14-,16+,22+/m0/s1. The van der Waals surface area contributed by atoms with Gasteiger partial charge in [0.15, 0.2) is 15.4 Å². The van der Waals surface area contributed by atoms with Gasteiger partial charge in [0, 0.05) is 17.5 Å². The number of amides is 4. The third-order valence-corrected chi connectivity index (χ3v) is 8.19. The van der Waals surface area contributed by atoms with Crippen molar-refractivity contribution in [2.75, 3.05) is 18.1 Å². The summed E-state index contributed by atoms with van der Waals surface area (Å²) in [4.78, 5) is 41.6. The summed E-state index contributed by atoms with van der Waals surface area (Å²) in [6.45, 7) is 4.83. The maximum absolute atomic E-state index is 13.3. The van der Waals surface area contributed by atoms with Crippen molar-refractivity contribution >= 4 is 38.7 Å². The molecule has 0 spiro atoms. The molecule has 0 bridgehead atoms. The number of rotatable bonds is 6. The quantitative estimate of drug-likeness (QED) is 0.658. The zero-order valence-electron chi connectivity index (χ0n) is 18.3. The van der Waals surface area contributed by atoms with Gasteiger partial charge in [-0.15, -0.1) is 0 Å². The summed E-state index contributed by atoms with van der Waals surface area (Å²) >= 11 is 0. The highest BCUT2D eigenvalue weighted by Crippen LogP contribution is 2.33. The van der Waals surface area contributed by atoms with Gasteiger partial charge in [-0.3, -0.25) is 14.5 Å². The lowest BCUT2D eigenvalue weighted by Gasteiger charge is -2.34. The lowest BCUT2D eigenvalue weighted by atomic mass is 9.99. The minimum absolute atomic E-state index is 0.0329. The van der Waals surface area contributed by atoms with E-state index in [1.165, 1.54) is 4.90 Å². The molecule has 1 aromatic carbocycles. The van der Waals surface area contributed by atoms with Crippen LogP contribution in [0.1, 0.15) is 39.4 Å². The first-order valence-corrected chi connectivity index (χ1v) is 12.5. The molecular formula is C22H27N3O6S. The van der Waals surface area contributed by atoms with E-state index in [-0.39, 0.29) is 23.3 Å².